The van der Waals surface area contributed by atoms with E-state index < -0.39 is 0 Å². The molecule has 0 aliphatic carbocycles. The molecule has 2 radical (unpaired) electrons. The maximum absolute atomic E-state index is 5.88. The number of fused-ring (bicyclic) bond motifs is 1. The van der Waals surface area contributed by atoms with Crippen molar-refractivity contribution in [3.63, 3.8) is 0 Å². The third kappa shape index (κ3) is 1.44. The molecule has 0 unspecified atom stereocenters. The van der Waals surface area contributed by atoms with Gasteiger partial charge in [0.05, 0.1) is 7.11 Å². The van der Waals surface area contributed by atoms with E-state index in [1.54, 1.807) is 7.11 Å². The number of rotatable bonds is 1. The van der Waals surface area contributed by atoms with E-state index in [1.165, 1.54) is 11.1 Å². The Labute approximate surface area is 79.7 Å². The second kappa shape index (κ2) is 3.42. The lowest BCUT2D eigenvalue weighted by Gasteiger charge is -2.21. The zero-order valence-electron chi connectivity index (χ0n) is 7.76. The summed E-state index contributed by atoms with van der Waals surface area (Å²) in [5.41, 5.74) is 3.35. The molecular weight excluding hydrogens is 161 g/mol. The van der Waals surface area contributed by atoms with Crippen LogP contribution in [0.4, 0.5) is 0 Å². The van der Waals surface area contributed by atoms with Crippen LogP contribution in [0.15, 0.2) is 12.1 Å². The first-order valence-corrected chi connectivity index (χ1v) is 4.48. The summed E-state index contributed by atoms with van der Waals surface area (Å²) in [6.07, 6.45) is 0.998. The first kappa shape index (κ1) is 8.63. The Morgan fingerprint density at radius 1 is 1.38 bits per heavy atom. The lowest BCUT2D eigenvalue weighted by Crippen LogP contribution is -2.29. The van der Waals surface area contributed by atoms with Gasteiger partial charge in [0, 0.05) is 12.1 Å². The van der Waals surface area contributed by atoms with Crippen LogP contribution in [0.2, 0.25) is 0 Å². The zero-order chi connectivity index (χ0) is 9.26. The first-order valence-electron chi connectivity index (χ1n) is 4.48. The van der Waals surface area contributed by atoms with E-state index in [-0.39, 0.29) is 0 Å². The Hall–Kier alpha value is -0.955. The van der Waals surface area contributed by atoms with Gasteiger partial charge in [0.25, 0.3) is 0 Å². The van der Waals surface area contributed by atoms with Gasteiger partial charge in [-0.3, -0.25) is 0 Å². The van der Waals surface area contributed by atoms with Gasteiger partial charge in [-0.1, -0.05) is 11.5 Å². The summed E-state index contributed by atoms with van der Waals surface area (Å²) in [5, 5.41) is 3.31. The molecule has 0 atom stereocenters. The second-order valence-corrected chi connectivity index (χ2v) is 3.24. The molecule has 0 saturated heterocycles. The van der Waals surface area contributed by atoms with Gasteiger partial charge in [-0.25, -0.2) is 0 Å². The number of benzene rings is 1. The third-order valence-electron chi connectivity index (χ3n) is 2.50. The molecule has 2 rings (SSSR count). The maximum Gasteiger partial charge on any atom is 0.123 e. The number of nitrogens with one attached hydrogen (secondary N) is 1. The minimum atomic E-state index is 0.865. The number of hydrogen-bond acceptors (Lipinski definition) is 2. The molecular formula is C10H12BNO. The van der Waals surface area contributed by atoms with Gasteiger partial charge in [-0.2, -0.15) is 0 Å². The van der Waals surface area contributed by atoms with Gasteiger partial charge in [0.2, 0.25) is 0 Å². The van der Waals surface area contributed by atoms with Gasteiger partial charge in [0.1, 0.15) is 13.6 Å². The summed E-state index contributed by atoms with van der Waals surface area (Å²) in [6, 6.07) is 3.85. The molecule has 0 fully saturated rings. The fraction of sp³-hybridized carbons (Fsp3) is 0.400. The molecule has 1 heterocycles. The third-order valence-corrected chi connectivity index (χ3v) is 2.50. The van der Waals surface area contributed by atoms with Crippen molar-refractivity contribution in [2.45, 2.75) is 13.0 Å². The van der Waals surface area contributed by atoms with Crippen molar-refractivity contribution in [2.24, 2.45) is 0 Å². The Morgan fingerprint density at radius 3 is 3.00 bits per heavy atom. The second-order valence-electron chi connectivity index (χ2n) is 3.24. The minimum Gasteiger partial charge on any atom is -0.496 e. The molecule has 0 aromatic heterocycles. The lowest BCUT2D eigenvalue weighted by atomic mass is 9.84. The van der Waals surface area contributed by atoms with E-state index in [0.29, 0.717) is 0 Å². The standard InChI is InChI=1S/C10H12BNO/c1-13-10-3-2-9(11)7-4-5-12-6-8(7)10/h2-3,12H,4-6H2,1H3. The van der Waals surface area contributed by atoms with Crippen LogP contribution in [0.5, 0.6) is 5.75 Å². The molecule has 13 heavy (non-hydrogen) atoms. The van der Waals surface area contributed by atoms with Crippen LogP contribution in [0.25, 0.3) is 0 Å². The monoisotopic (exact) mass is 173 g/mol. The summed E-state index contributed by atoms with van der Waals surface area (Å²) < 4.78 is 5.27. The molecule has 1 N–H and O–H groups in total. The fourth-order valence-electron chi connectivity index (χ4n) is 1.80. The van der Waals surface area contributed by atoms with Crippen LogP contribution in [0.1, 0.15) is 11.1 Å². The molecule has 0 amide bonds. The summed E-state index contributed by atoms with van der Waals surface area (Å²) in [4.78, 5) is 0. The summed E-state index contributed by atoms with van der Waals surface area (Å²) >= 11 is 0. The summed E-state index contributed by atoms with van der Waals surface area (Å²) in [7, 11) is 7.58. The summed E-state index contributed by atoms with van der Waals surface area (Å²) in [6.45, 7) is 1.87. The van der Waals surface area contributed by atoms with E-state index in [4.69, 9.17) is 12.6 Å². The van der Waals surface area contributed by atoms with Gasteiger partial charge in [0.15, 0.2) is 0 Å². The van der Waals surface area contributed by atoms with E-state index in [1.807, 2.05) is 12.1 Å². The first-order chi connectivity index (χ1) is 6.33. The van der Waals surface area contributed by atoms with Crippen molar-refractivity contribution in [3.05, 3.63) is 23.3 Å². The number of hydrogen-bond donors (Lipinski definition) is 1. The van der Waals surface area contributed by atoms with E-state index >= 15 is 0 Å². The van der Waals surface area contributed by atoms with Crippen molar-refractivity contribution in [1.29, 1.82) is 0 Å². The average molecular weight is 173 g/mol. The van der Waals surface area contributed by atoms with Crippen molar-refractivity contribution in [1.82, 2.24) is 5.32 Å². The molecule has 1 aliphatic heterocycles. The highest BCUT2D eigenvalue weighted by atomic mass is 16.5. The van der Waals surface area contributed by atoms with Crippen LogP contribution in [-0.2, 0) is 13.0 Å². The van der Waals surface area contributed by atoms with Crippen LogP contribution in [0.3, 0.4) is 0 Å². The largest absolute Gasteiger partial charge is 0.496 e. The predicted molar refractivity (Wildman–Crippen MR) is 53.8 cm³/mol. The average Bonchev–Trinajstić information content (AvgIpc) is 2.19. The van der Waals surface area contributed by atoms with Crippen molar-refractivity contribution in [2.75, 3.05) is 13.7 Å². The van der Waals surface area contributed by atoms with E-state index in [9.17, 15) is 0 Å². The Balaban J connectivity index is 2.52. The minimum absolute atomic E-state index is 0.865. The zero-order valence-corrected chi connectivity index (χ0v) is 7.76. The topological polar surface area (TPSA) is 21.3 Å². The van der Waals surface area contributed by atoms with Gasteiger partial charge < -0.3 is 10.1 Å². The Morgan fingerprint density at radius 2 is 2.23 bits per heavy atom. The highest BCUT2D eigenvalue weighted by molar-refractivity contribution is 6.33. The molecule has 1 aromatic carbocycles. The molecule has 66 valence electrons. The molecule has 1 aliphatic rings. The van der Waals surface area contributed by atoms with Gasteiger partial charge in [-0.15, -0.1) is 0 Å². The molecule has 2 nitrogen and oxygen atoms in total. The van der Waals surface area contributed by atoms with Crippen molar-refractivity contribution >= 4 is 13.3 Å². The molecule has 0 saturated carbocycles. The van der Waals surface area contributed by atoms with Gasteiger partial charge >= 0.3 is 0 Å². The highest BCUT2D eigenvalue weighted by Gasteiger charge is 2.14. The maximum atomic E-state index is 5.88. The molecule has 0 bridgehead atoms. The number of methoxy groups -OCH3 is 1. The summed E-state index contributed by atoms with van der Waals surface area (Å²) in [5.74, 6) is 0.941. The Bertz CT molecular complexity index is 325. The Kier molecular flexibility index (Phi) is 2.27. The normalized spacial score (nSPS) is 15.2. The van der Waals surface area contributed by atoms with Crippen LogP contribution in [0, 0.1) is 0 Å². The van der Waals surface area contributed by atoms with Crippen LogP contribution in [-0.4, -0.2) is 21.5 Å². The highest BCUT2D eigenvalue weighted by Crippen LogP contribution is 2.22. The van der Waals surface area contributed by atoms with E-state index in [0.717, 1.165) is 30.7 Å². The smallest absolute Gasteiger partial charge is 0.123 e. The van der Waals surface area contributed by atoms with Crippen LogP contribution >= 0.6 is 0 Å². The van der Waals surface area contributed by atoms with Crippen molar-refractivity contribution < 1.29 is 4.74 Å². The van der Waals surface area contributed by atoms with Gasteiger partial charge in [-0.05, 0) is 24.6 Å². The van der Waals surface area contributed by atoms with E-state index in [2.05, 4.69) is 5.32 Å². The molecule has 0 spiro atoms. The molecule has 1 aromatic rings. The van der Waals surface area contributed by atoms with Crippen molar-refractivity contribution in [3.8, 4) is 5.75 Å². The molecule has 3 heteroatoms. The lowest BCUT2D eigenvalue weighted by molar-refractivity contribution is 0.405. The predicted octanol–water partition coefficient (Wildman–Crippen LogP) is 0.135. The van der Waals surface area contributed by atoms with Crippen LogP contribution < -0.4 is 15.5 Å². The fourth-order valence-corrected chi connectivity index (χ4v) is 1.80. The SMILES string of the molecule is [B]c1ccc(OC)c2c1CCNC2. The number of ether oxygens (including phenoxy) is 1. The quantitative estimate of drug-likeness (QED) is 0.609.